The molecule has 3 rings (SSSR count). The van der Waals surface area contributed by atoms with Crippen LogP contribution in [-0.2, 0) is 6.18 Å². The average Bonchev–Trinajstić information content (AvgIpc) is 3.07. The van der Waals surface area contributed by atoms with Crippen LogP contribution in [0.1, 0.15) is 28.8 Å². The summed E-state index contributed by atoms with van der Waals surface area (Å²) in [7, 11) is 0. The number of anilines is 2. The molecule has 0 saturated carbocycles. The van der Waals surface area contributed by atoms with Crippen molar-refractivity contribution >= 4 is 17.3 Å². The van der Waals surface area contributed by atoms with Crippen molar-refractivity contribution in [2.75, 3.05) is 23.3 Å². The number of nitrogens with zero attached hydrogens (tertiary/aromatic N) is 1. The molecule has 0 spiro atoms. The fourth-order valence-electron chi connectivity index (χ4n) is 2.93. The molecule has 0 aromatic heterocycles. The number of hydrogen-bond acceptors (Lipinski definition) is 2. The van der Waals surface area contributed by atoms with E-state index in [4.69, 9.17) is 0 Å². The van der Waals surface area contributed by atoms with E-state index in [-0.39, 0.29) is 11.3 Å². The number of rotatable bonds is 3. The zero-order chi connectivity index (χ0) is 18.9. The topological polar surface area (TPSA) is 32.3 Å². The third-order valence-corrected chi connectivity index (χ3v) is 4.14. The Bertz CT molecular complexity index is 809. The number of alkyl halides is 3. The lowest BCUT2D eigenvalue weighted by atomic mass is 10.1. The van der Waals surface area contributed by atoms with Crippen LogP contribution in [0.2, 0.25) is 0 Å². The summed E-state index contributed by atoms with van der Waals surface area (Å²) in [5.74, 6) is -2.78. The van der Waals surface area contributed by atoms with Crippen LogP contribution in [0.15, 0.2) is 36.4 Å². The van der Waals surface area contributed by atoms with Crippen molar-refractivity contribution in [2.24, 2.45) is 0 Å². The van der Waals surface area contributed by atoms with Crippen molar-refractivity contribution < 1.29 is 26.7 Å². The molecule has 138 valence electrons. The predicted molar refractivity (Wildman–Crippen MR) is 87.2 cm³/mol. The van der Waals surface area contributed by atoms with Gasteiger partial charge in [0, 0.05) is 24.7 Å². The molecule has 1 aliphatic rings. The maximum Gasteiger partial charge on any atom is 0.416 e. The lowest BCUT2D eigenvalue weighted by Crippen LogP contribution is -2.22. The Hall–Kier alpha value is -2.64. The Labute approximate surface area is 146 Å². The summed E-state index contributed by atoms with van der Waals surface area (Å²) < 4.78 is 65.6. The van der Waals surface area contributed by atoms with E-state index in [2.05, 4.69) is 5.32 Å². The Morgan fingerprint density at radius 1 is 0.962 bits per heavy atom. The molecule has 0 unspecified atom stereocenters. The second-order valence-corrected chi connectivity index (χ2v) is 6.04. The molecule has 1 aliphatic heterocycles. The van der Waals surface area contributed by atoms with E-state index in [1.54, 1.807) is 0 Å². The predicted octanol–water partition coefficient (Wildman–Crippen LogP) is 4.84. The van der Waals surface area contributed by atoms with Crippen LogP contribution in [-0.4, -0.2) is 19.0 Å². The molecule has 0 atom stereocenters. The SMILES string of the molecule is O=C(Nc1cc(C(F)(F)F)ccc1N1CCCC1)c1cc(F)cc(F)c1. The molecule has 2 aromatic carbocycles. The first-order chi connectivity index (χ1) is 12.2. The minimum Gasteiger partial charge on any atom is -0.370 e. The second-order valence-electron chi connectivity index (χ2n) is 6.04. The number of carbonyl (C=O) groups is 1. The zero-order valence-electron chi connectivity index (χ0n) is 13.5. The first kappa shape index (κ1) is 18.2. The molecule has 3 nitrogen and oxygen atoms in total. The number of halogens is 5. The van der Waals surface area contributed by atoms with Gasteiger partial charge in [-0.25, -0.2) is 8.78 Å². The minimum absolute atomic E-state index is 0.0450. The molecule has 0 aliphatic carbocycles. The Morgan fingerprint density at radius 2 is 1.58 bits per heavy atom. The summed E-state index contributed by atoms with van der Waals surface area (Å²) in [5.41, 5.74) is -0.828. The van der Waals surface area contributed by atoms with E-state index >= 15 is 0 Å². The highest BCUT2D eigenvalue weighted by Crippen LogP contribution is 2.36. The van der Waals surface area contributed by atoms with Gasteiger partial charge in [-0.05, 0) is 43.2 Å². The van der Waals surface area contributed by atoms with Crippen molar-refractivity contribution in [3.63, 3.8) is 0 Å². The van der Waals surface area contributed by atoms with Crippen LogP contribution in [0.4, 0.5) is 33.3 Å². The van der Waals surface area contributed by atoms with E-state index in [0.29, 0.717) is 24.8 Å². The number of hydrogen-bond donors (Lipinski definition) is 1. The van der Waals surface area contributed by atoms with E-state index < -0.39 is 29.3 Å². The van der Waals surface area contributed by atoms with E-state index in [0.717, 1.165) is 37.1 Å². The fraction of sp³-hybridized carbons (Fsp3) is 0.278. The van der Waals surface area contributed by atoms with Crippen molar-refractivity contribution in [2.45, 2.75) is 19.0 Å². The van der Waals surface area contributed by atoms with Crippen molar-refractivity contribution in [1.29, 1.82) is 0 Å². The summed E-state index contributed by atoms with van der Waals surface area (Å²) in [5, 5.41) is 2.36. The number of amides is 1. The molecular weight excluding hydrogens is 355 g/mol. The summed E-state index contributed by atoms with van der Waals surface area (Å²) in [4.78, 5) is 14.2. The number of benzene rings is 2. The van der Waals surface area contributed by atoms with Crippen molar-refractivity contribution in [3.8, 4) is 0 Å². The fourth-order valence-corrected chi connectivity index (χ4v) is 2.93. The van der Waals surface area contributed by atoms with E-state index in [9.17, 15) is 26.7 Å². The first-order valence-corrected chi connectivity index (χ1v) is 7.98. The van der Waals surface area contributed by atoms with Gasteiger partial charge in [0.05, 0.1) is 16.9 Å². The van der Waals surface area contributed by atoms with Crippen LogP contribution in [0.25, 0.3) is 0 Å². The third-order valence-electron chi connectivity index (χ3n) is 4.14. The minimum atomic E-state index is -4.58. The van der Waals surface area contributed by atoms with Gasteiger partial charge in [0.15, 0.2) is 0 Å². The average molecular weight is 370 g/mol. The molecule has 8 heteroatoms. The largest absolute Gasteiger partial charge is 0.416 e. The molecule has 0 bridgehead atoms. The van der Waals surface area contributed by atoms with Gasteiger partial charge in [-0.15, -0.1) is 0 Å². The van der Waals surface area contributed by atoms with Gasteiger partial charge in [-0.2, -0.15) is 13.2 Å². The third kappa shape index (κ3) is 3.95. The molecular formula is C18H15F5N2O. The molecule has 0 radical (unpaired) electrons. The summed E-state index contributed by atoms with van der Waals surface area (Å²) in [6.07, 6.45) is -2.79. The molecule has 1 fully saturated rings. The Morgan fingerprint density at radius 3 is 2.15 bits per heavy atom. The van der Waals surface area contributed by atoms with Crippen LogP contribution < -0.4 is 10.2 Å². The zero-order valence-corrected chi connectivity index (χ0v) is 13.5. The normalized spacial score (nSPS) is 14.6. The van der Waals surface area contributed by atoms with E-state index in [1.165, 1.54) is 6.07 Å². The smallest absolute Gasteiger partial charge is 0.370 e. The number of nitrogens with one attached hydrogen (secondary N) is 1. The lowest BCUT2D eigenvalue weighted by molar-refractivity contribution is -0.137. The standard InChI is InChI=1S/C18H15F5N2O/c19-13-7-11(8-14(20)10-13)17(26)24-15-9-12(18(21,22)23)3-4-16(15)25-5-1-2-6-25/h3-4,7-10H,1-2,5-6H2,(H,24,26). The van der Waals surface area contributed by atoms with Gasteiger partial charge in [0.1, 0.15) is 11.6 Å². The molecule has 1 heterocycles. The monoisotopic (exact) mass is 370 g/mol. The second kappa shape index (κ2) is 6.93. The highest BCUT2D eigenvalue weighted by atomic mass is 19.4. The Balaban J connectivity index is 1.96. The number of carbonyl (C=O) groups excluding carboxylic acids is 1. The summed E-state index contributed by atoms with van der Waals surface area (Å²) in [6.45, 7) is 1.31. The van der Waals surface area contributed by atoms with Gasteiger partial charge in [-0.1, -0.05) is 0 Å². The van der Waals surface area contributed by atoms with Gasteiger partial charge in [-0.3, -0.25) is 4.79 Å². The highest BCUT2D eigenvalue weighted by molar-refractivity contribution is 6.06. The quantitative estimate of drug-likeness (QED) is 0.785. The molecule has 2 aromatic rings. The highest BCUT2D eigenvalue weighted by Gasteiger charge is 2.32. The Kier molecular flexibility index (Phi) is 4.84. The van der Waals surface area contributed by atoms with Crippen molar-refractivity contribution in [3.05, 3.63) is 59.2 Å². The van der Waals surface area contributed by atoms with Gasteiger partial charge >= 0.3 is 6.18 Å². The lowest BCUT2D eigenvalue weighted by Gasteiger charge is -2.23. The maximum atomic E-state index is 13.3. The molecule has 26 heavy (non-hydrogen) atoms. The van der Waals surface area contributed by atoms with Gasteiger partial charge < -0.3 is 10.2 Å². The van der Waals surface area contributed by atoms with Crippen molar-refractivity contribution in [1.82, 2.24) is 0 Å². The molecule has 1 amide bonds. The first-order valence-electron chi connectivity index (χ1n) is 7.98. The van der Waals surface area contributed by atoms with E-state index in [1.807, 2.05) is 4.90 Å². The van der Waals surface area contributed by atoms with Crippen LogP contribution in [0.5, 0.6) is 0 Å². The summed E-state index contributed by atoms with van der Waals surface area (Å²) >= 11 is 0. The van der Waals surface area contributed by atoms with Crippen LogP contribution >= 0.6 is 0 Å². The van der Waals surface area contributed by atoms with Crippen LogP contribution in [0, 0.1) is 11.6 Å². The molecule has 1 saturated heterocycles. The van der Waals surface area contributed by atoms with Gasteiger partial charge in [0.2, 0.25) is 0 Å². The summed E-state index contributed by atoms with van der Waals surface area (Å²) in [6, 6.07) is 5.34. The van der Waals surface area contributed by atoms with Gasteiger partial charge in [0.25, 0.3) is 5.91 Å². The maximum absolute atomic E-state index is 13.3. The van der Waals surface area contributed by atoms with Crippen LogP contribution in [0.3, 0.4) is 0 Å². The molecule has 1 N–H and O–H groups in total.